The number of hydrogen-bond donors (Lipinski definition) is 1. The van der Waals surface area contributed by atoms with Crippen LogP contribution in [0.1, 0.15) is 15.9 Å². The first-order valence-electron chi connectivity index (χ1n) is 9.15. The van der Waals surface area contributed by atoms with Gasteiger partial charge in [-0.25, -0.2) is 0 Å². The van der Waals surface area contributed by atoms with Gasteiger partial charge in [0.1, 0.15) is 5.75 Å². The van der Waals surface area contributed by atoms with E-state index in [1.165, 1.54) is 12.1 Å². The molecule has 0 bridgehead atoms. The zero-order valence-electron chi connectivity index (χ0n) is 16.5. The van der Waals surface area contributed by atoms with Gasteiger partial charge >= 0.3 is 0 Å². The third kappa shape index (κ3) is 4.31. The van der Waals surface area contributed by atoms with E-state index in [4.69, 9.17) is 14.2 Å². The average Bonchev–Trinajstić information content (AvgIpc) is 2.73. The molecule has 28 heavy (non-hydrogen) atoms. The first-order chi connectivity index (χ1) is 13.5. The number of ether oxygens (including phenoxy) is 3. The first kappa shape index (κ1) is 19.8. The van der Waals surface area contributed by atoms with Crippen molar-refractivity contribution in [3.8, 4) is 23.0 Å². The number of phenols is 1. The fraction of sp³-hybridized carbons (Fsp3) is 0.381. The Morgan fingerprint density at radius 1 is 0.929 bits per heavy atom. The van der Waals surface area contributed by atoms with E-state index >= 15 is 0 Å². The number of carbonyl (C=O) groups excluding carboxylic acids is 1. The Morgan fingerprint density at radius 3 is 2.00 bits per heavy atom. The van der Waals surface area contributed by atoms with E-state index < -0.39 is 0 Å². The van der Waals surface area contributed by atoms with E-state index in [-0.39, 0.29) is 11.7 Å². The van der Waals surface area contributed by atoms with Gasteiger partial charge in [0.25, 0.3) is 5.91 Å². The van der Waals surface area contributed by atoms with Gasteiger partial charge in [0.05, 0.1) is 21.3 Å². The Kier molecular flexibility index (Phi) is 6.26. The second-order valence-electron chi connectivity index (χ2n) is 6.65. The van der Waals surface area contributed by atoms with Crippen LogP contribution in [0.3, 0.4) is 0 Å². The fourth-order valence-corrected chi connectivity index (χ4v) is 3.38. The third-order valence-corrected chi connectivity index (χ3v) is 4.90. The SMILES string of the molecule is COc1cc(CN2CCN(C(=O)c3ccc(O)cc3)CC2)cc(OC)c1OC. The summed E-state index contributed by atoms with van der Waals surface area (Å²) in [6, 6.07) is 10.3. The van der Waals surface area contributed by atoms with Crippen molar-refractivity contribution in [3.05, 3.63) is 47.5 Å². The van der Waals surface area contributed by atoms with Gasteiger partial charge in [0.15, 0.2) is 11.5 Å². The van der Waals surface area contributed by atoms with Crippen LogP contribution in [0.5, 0.6) is 23.0 Å². The van der Waals surface area contributed by atoms with Crippen LogP contribution in [-0.4, -0.2) is 68.3 Å². The number of rotatable bonds is 6. The molecule has 1 aliphatic rings. The zero-order chi connectivity index (χ0) is 20.1. The predicted octanol–water partition coefficient (Wildman–Crippen LogP) is 2.38. The van der Waals surface area contributed by atoms with Crippen molar-refractivity contribution >= 4 is 5.91 Å². The molecule has 7 nitrogen and oxygen atoms in total. The van der Waals surface area contributed by atoms with Crippen molar-refractivity contribution in [1.29, 1.82) is 0 Å². The number of aromatic hydroxyl groups is 1. The highest BCUT2D eigenvalue weighted by molar-refractivity contribution is 5.94. The van der Waals surface area contributed by atoms with E-state index in [0.717, 1.165) is 25.2 Å². The summed E-state index contributed by atoms with van der Waals surface area (Å²) in [7, 11) is 4.80. The van der Waals surface area contributed by atoms with E-state index in [0.29, 0.717) is 35.9 Å². The summed E-state index contributed by atoms with van der Waals surface area (Å²) in [5.74, 6) is 2.01. The molecule has 1 saturated heterocycles. The van der Waals surface area contributed by atoms with Crippen molar-refractivity contribution in [2.45, 2.75) is 6.54 Å². The Labute approximate surface area is 165 Å². The molecule has 1 aliphatic heterocycles. The Bertz CT molecular complexity index is 789. The van der Waals surface area contributed by atoms with Gasteiger partial charge in [-0.3, -0.25) is 9.69 Å². The number of methoxy groups -OCH3 is 3. The van der Waals surface area contributed by atoms with E-state index in [1.807, 2.05) is 17.0 Å². The van der Waals surface area contributed by atoms with Gasteiger partial charge in [-0.1, -0.05) is 0 Å². The molecule has 0 saturated carbocycles. The van der Waals surface area contributed by atoms with Crippen LogP contribution in [0.4, 0.5) is 0 Å². The highest BCUT2D eigenvalue weighted by Crippen LogP contribution is 2.38. The summed E-state index contributed by atoms with van der Waals surface area (Å²) in [5, 5.41) is 9.37. The molecule has 1 N–H and O–H groups in total. The fourth-order valence-electron chi connectivity index (χ4n) is 3.38. The largest absolute Gasteiger partial charge is 0.508 e. The summed E-state index contributed by atoms with van der Waals surface area (Å²) in [6.45, 7) is 3.60. The lowest BCUT2D eigenvalue weighted by atomic mass is 10.1. The first-order valence-corrected chi connectivity index (χ1v) is 9.15. The summed E-state index contributed by atoms with van der Waals surface area (Å²) < 4.78 is 16.2. The minimum absolute atomic E-state index is 0.00700. The highest BCUT2D eigenvalue weighted by Gasteiger charge is 2.23. The van der Waals surface area contributed by atoms with Crippen LogP contribution in [0, 0.1) is 0 Å². The van der Waals surface area contributed by atoms with E-state index in [9.17, 15) is 9.90 Å². The number of amides is 1. The molecule has 2 aromatic rings. The molecule has 1 fully saturated rings. The molecule has 0 unspecified atom stereocenters. The maximum atomic E-state index is 12.6. The smallest absolute Gasteiger partial charge is 0.253 e. The van der Waals surface area contributed by atoms with Crippen LogP contribution < -0.4 is 14.2 Å². The second kappa shape index (κ2) is 8.84. The quantitative estimate of drug-likeness (QED) is 0.822. The number of phenolic OH excluding ortho intramolecular Hbond substituents is 1. The Balaban J connectivity index is 1.62. The van der Waals surface area contributed by atoms with Crippen LogP contribution in [0.2, 0.25) is 0 Å². The molecular weight excluding hydrogens is 360 g/mol. The molecule has 0 aliphatic carbocycles. The van der Waals surface area contributed by atoms with Gasteiger partial charge in [-0.05, 0) is 42.0 Å². The number of carbonyl (C=O) groups is 1. The molecule has 0 radical (unpaired) electrons. The standard InChI is InChI=1S/C21H26N2O5/c1-26-18-12-15(13-19(27-2)20(18)28-3)14-22-8-10-23(11-9-22)21(25)16-4-6-17(24)7-5-16/h4-7,12-13,24H,8-11,14H2,1-3H3. The highest BCUT2D eigenvalue weighted by atomic mass is 16.5. The van der Waals surface area contributed by atoms with Crippen molar-refractivity contribution in [2.24, 2.45) is 0 Å². The number of nitrogens with zero attached hydrogens (tertiary/aromatic N) is 2. The maximum absolute atomic E-state index is 12.6. The molecule has 0 aromatic heterocycles. The topological polar surface area (TPSA) is 71.5 Å². The monoisotopic (exact) mass is 386 g/mol. The molecular formula is C21H26N2O5. The van der Waals surface area contributed by atoms with Gasteiger partial charge in [0, 0.05) is 38.3 Å². The molecule has 0 atom stereocenters. The zero-order valence-corrected chi connectivity index (χ0v) is 16.5. The summed E-state index contributed by atoms with van der Waals surface area (Å²) >= 11 is 0. The van der Waals surface area contributed by atoms with Gasteiger partial charge in [0.2, 0.25) is 5.75 Å². The molecule has 1 amide bonds. The maximum Gasteiger partial charge on any atom is 0.253 e. The lowest BCUT2D eigenvalue weighted by molar-refractivity contribution is 0.0628. The Morgan fingerprint density at radius 2 is 1.50 bits per heavy atom. The van der Waals surface area contributed by atoms with Gasteiger partial charge < -0.3 is 24.2 Å². The van der Waals surface area contributed by atoms with Crippen LogP contribution in [-0.2, 0) is 6.54 Å². The average molecular weight is 386 g/mol. The molecule has 1 heterocycles. The van der Waals surface area contributed by atoms with E-state index in [2.05, 4.69) is 4.90 Å². The normalized spacial score (nSPS) is 14.6. The van der Waals surface area contributed by atoms with Crippen LogP contribution in [0.15, 0.2) is 36.4 Å². The molecule has 3 rings (SSSR count). The number of hydrogen-bond acceptors (Lipinski definition) is 6. The van der Waals surface area contributed by atoms with Crippen molar-refractivity contribution < 1.29 is 24.1 Å². The molecule has 2 aromatic carbocycles. The minimum atomic E-state index is -0.00700. The molecule has 7 heteroatoms. The number of piperazine rings is 1. The summed E-state index contributed by atoms with van der Waals surface area (Å²) in [4.78, 5) is 16.7. The van der Waals surface area contributed by atoms with Crippen LogP contribution in [0.25, 0.3) is 0 Å². The third-order valence-electron chi connectivity index (χ3n) is 4.90. The molecule has 150 valence electrons. The van der Waals surface area contributed by atoms with Crippen LogP contribution >= 0.6 is 0 Å². The molecule has 0 spiro atoms. The Hall–Kier alpha value is -2.93. The lowest BCUT2D eigenvalue weighted by Crippen LogP contribution is -2.48. The predicted molar refractivity (Wildman–Crippen MR) is 105 cm³/mol. The van der Waals surface area contributed by atoms with Gasteiger partial charge in [-0.15, -0.1) is 0 Å². The van der Waals surface area contributed by atoms with Gasteiger partial charge in [-0.2, -0.15) is 0 Å². The van der Waals surface area contributed by atoms with Crippen molar-refractivity contribution in [1.82, 2.24) is 9.80 Å². The van der Waals surface area contributed by atoms with E-state index in [1.54, 1.807) is 33.5 Å². The van der Waals surface area contributed by atoms with Crippen molar-refractivity contribution in [3.63, 3.8) is 0 Å². The van der Waals surface area contributed by atoms with Crippen molar-refractivity contribution in [2.75, 3.05) is 47.5 Å². The lowest BCUT2D eigenvalue weighted by Gasteiger charge is -2.35. The minimum Gasteiger partial charge on any atom is -0.508 e. The second-order valence-corrected chi connectivity index (χ2v) is 6.65. The summed E-state index contributed by atoms with van der Waals surface area (Å²) in [5.41, 5.74) is 1.66. The summed E-state index contributed by atoms with van der Waals surface area (Å²) in [6.07, 6.45) is 0. The number of benzene rings is 2.